The zero-order valence-electron chi connectivity index (χ0n) is 9.77. The van der Waals surface area contributed by atoms with Gasteiger partial charge in [0.2, 0.25) is 10.0 Å². The summed E-state index contributed by atoms with van der Waals surface area (Å²) in [7, 11) is -3.61. The van der Waals surface area contributed by atoms with Gasteiger partial charge in [-0.3, -0.25) is 0 Å². The normalized spacial score (nSPS) is 19.7. The highest BCUT2D eigenvalue weighted by Gasteiger charge is 2.41. The Morgan fingerprint density at radius 1 is 1.53 bits per heavy atom. The van der Waals surface area contributed by atoms with Crippen molar-refractivity contribution in [1.82, 2.24) is 4.72 Å². The van der Waals surface area contributed by atoms with Crippen LogP contribution in [0.25, 0.3) is 0 Å². The van der Waals surface area contributed by atoms with Crippen LogP contribution >= 0.6 is 0 Å². The predicted octanol–water partition coefficient (Wildman–Crippen LogP) is 0.917. The molecule has 0 amide bonds. The van der Waals surface area contributed by atoms with Gasteiger partial charge >= 0.3 is 6.18 Å². The third-order valence-electron chi connectivity index (χ3n) is 2.29. The standard InChI is InChI=1S/C9H12F3N3O3S/c10-9(11,12)8-5-7(18-15-8)6-14-19(16,17)4-2-1-3-13/h7,14H,1-2,4-6H2. The van der Waals surface area contributed by atoms with E-state index in [9.17, 15) is 21.6 Å². The maximum Gasteiger partial charge on any atom is 0.432 e. The zero-order chi connectivity index (χ0) is 14.5. The Kier molecular flexibility index (Phi) is 5.13. The van der Waals surface area contributed by atoms with Crippen LogP contribution in [0, 0.1) is 11.3 Å². The van der Waals surface area contributed by atoms with E-state index >= 15 is 0 Å². The van der Waals surface area contributed by atoms with Crippen molar-refractivity contribution in [1.29, 1.82) is 5.26 Å². The first-order valence-corrected chi connectivity index (χ1v) is 7.04. The Morgan fingerprint density at radius 3 is 2.74 bits per heavy atom. The molecule has 0 saturated heterocycles. The quantitative estimate of drug-likeness (QED) is 0.738. The van der Waals surface area contributed by atoms with E-state index in [1.54, 1.807) is 6.07 Å². The highest BCUT2D eigenvalue weighted by molar-refractivity contribution is 7.89. The number of nitriles is 1. The van der Waals surface area contributed by atoms with E-state index in [0.717, 1.165) is 0 Å². The van der Waals surface area contributed by atoms with Gasteiger partial charge in [-0.2, -0.15) is 18.4 Å². The van der Waals surface area contributed by atoms with Crippen LogP contribution in [0.2, 0.25) is 0 Å². The van der Waals surface area contributed by atoms with Crippen molar-refractivity contribution in [3.63, 3.8) is 0 Å². The van der Waals surface area contributed by atoms with Crippen LogP contribution in [0.3, 0.4) is 0 Å². The molecule has 0 bridgehead atoms. The molecule has 1 unspecified atom stereocenters. The molecule has 0 aromatic rings. The van der Waals surface area contributed by atoms with Gasteiger partial charge in [-0.25, -0.2) is 13.1 Å². The van der Waals surface area contributed by atoms with Gasteiger partial charge in [0.1, 0.15) is 6.10 Å². The molecular formula is C9H12F3N3O3S. The first kappa shape index (κ1) is 15.7. The van der Waals surface area contributed by atoms with Crippen molar-refractivity contribution in [3.05, 3.63) is 0 Å². The lowest BCUT2D eigenvalue weighted by atomic mass is 10.2. The molecule has 0 aliphatic carbocycles. The van der Waals surface area contributed by atoms with E-state index in [-0.39, 0.29) is 25.1 Å². The van der Waals surface area contributed by atoms with Crippen molar-refractivity contribution >= 4 is 15.7 Å². The molecule has 1 heterocycles. The summed E-state index contributed by atoms with van der Waals surface area (Å²) >= 11 is 0. The zero-order valence-corrected chi connectivity index (χ0v) is 10.6. The van der Waals surface area contributed by atoms with E-state index in [0.29, 0.717) is 0 Å². The molecular weight excluding hydrogens is 287 g/mol. The van der Waals surface area contributed by atoms with Gasteiger partial charge in [-0.05, 0) is 6.42 Å². The smallest absolute Gasteiger partial charge is 0.390 e. The highest BCUT2D eigenvalue weighted by atomic mass is 32.2. The number of alkyl halides is 3. The van der Waals surface area contributed by atoms with E-state index in [1.165, 1.54) is 0 Å². The summed E-state index contributed by atoms with van der Waals surface area (Å²) < 4.78 is 61.6. The maximum absolute atomic E-state index is 12.2. The van der Waals surface area contributed by atoms with E-state index < -0.39 is 34.4 Å². The number of hydrogen-bond acceptors (Lipinski definition) is 5. The van der Waals surface area contributed by atoms with Crippen molar-refractivity contribution in [2.75, 3.05) is 12.3 Å². The number of oxime groups is 1. The fourth-order valence-corrected chi connectivity index (χ4v) is 2.45. The number of unbranched alkanes of at least 4 members (excludes halogenated alkanes) is 1. The molecule has 0 spiro atoms. The van der Waals surface area contributed by atoms with Gasteiger partial charge in [-0.15, -0.1) is 0 Å². The molecule has 1 atom stereocenters. The molecule has 1 aliphatic rings. The van der Waals surface area contributed by atoms with Crippen molar-refractivity contribution in [2.45, 2.75) is 31.5 Å². The Balaban J connectivity index is 2.34. The summed E-state index contributed by atoms with van der Waals surface area (Å²) in [6.07, 6.45) is -5.73. The minimum atomic E-state index is -4.56. The molecule has 0 aromatic heterocycles. The lowest BCUT2D eigenvalue weighted by Gasteiger charge is -2.10. The highest BCUT2D eigenvalue weighted by Crippen LogP contribution is 2.25. The van der Waals surface area contributed by atoms with Crippen LogP contribution in [-0.4, -0.2) is 38.7 Å². The van der Waals surface area contributed by atoms with E-state index in [4.69, 9.17) is 5.26 Å². The van der Waals surface area contributed by atoms with Gasteiger partial charge in [-0.1, -0.05) is 5.16 Å². The van der Waals surface area contributed by atoms with Crippen LogP contribution < -0.4 is 4.72 Å². The van der Waals surface area contributed by atoms with E-state index in [1.807, 2.05) is 0 Å². The molecule has 10 heteroatoms. The third kappa shape index (κ3) is 5.44. The summed E-state index contributed by atoms with van der Waals surface area (Å²) in [5, 5.41) is 11.1. The first-order chi connectivity index (χ1) is 8.74. The fourth-order valence-electron chi connectivity index (χ4n) is 1.34. The number of sulfonamides is 1. The van der Waals surface area contributed by atoms with Gasteiger partial charge in [0.25, 0.3) is 0 Å². The Labute approximate surface area is 108 Å². The summed E-state index contributed by atoms with van der Waals surface area (Å²) in [6, 6.07) is 1.80. The number of halogens is 3. The van der Waals surface area contributed by atoms with Crippen LogP contribution in [-0.2, 0) is 14.9 Å². The molecule has 1 rings (SSSR count). The predicted molar refractivity (Wildman–Crippen MR) is 59.6 cm³/mol. The molecule has 0 aromatic carbocycles. The van der Waals surface area contributed by atoms with Gasteiger partial charge in [0.05, 0.1) is 18.4 Å². The summed E-state index contributed by atoms with van der Waals surface area (Å²) in [5.74, 6) is -0.250. The SMILES string of the molecule is N#CCCCS(=O)(=O)NCC1CC(C(F)(F)F)=NO1. The second-order valence-corrected chi connectivity index (χ2v) is 5.82. The van der Waals surface area contributed by atoms with E-state index in [2.05, 4.69) is 14.7 Å². The van der Waals surface area contributed by atoms with Gasteiger partial charge in [0, 0.05) is 12.8 Å². The Hall–Kier alpha value is -1.34. The van der Waals surface area contributed by atoms with Crippen LogP contribution in [0.1, 0.15) is 19.3 Å². The minimum Gasteiger partial charge on any atom is -0.390 e. The monoisotopic (exact) mass is 299 g/mol. The number of nitrogens with one attached hydrogen (secondary N) is 1. The lowest BCUT2D eigenvalue weighted by Crippen LogP contribution is -2.34. The molecule has 1 N–H and O–H groups in total. The van der Waals surface area contributed by atoms with Crippen LogP contribution in [0.5, 0.6) is 0 Å². The fraction of sp³-hybridized carbons (Fsp3) is 0.778. The van der Waals surface area contributed by atoms with Crippen LogP contribution in [0.4, 0.5) is 13.2 Å². The topological polar surface area (TPSA) is 91.5 Å². The second-order valence-electron chi connectivity index (χ2n) is 3.90. The lowest BCUT2D eigenvalue weighted by molar-refractivity contribution is -0.0604. The summed E-state index contributed by atoms with van der Waals surface area (Å²) in [4.78, 5) is 4.50. The Bertz CT molecular complexity index is 481. The van der Waals surface area contributed by atoms with Crippen molar-refractivity contribution < 1.29 is 26.4 Å². The molecule has 108 valence electrons. The number of nitrogens with zero attached hydrogens (tertiary/aromatic N) is 2. The van der Waals surface area contributed by atoms with Crippen molar-refractivity contribution in [3.8, 4) is 6.07 Å². The molecule has 0 fully saturated rings. The van der Waals surface area contributed by atoms with Crippen LogP contribution in [0.15, 0.2) is 5.16 Å². The average molecular weight is 299 g/mol. The maximum atomic E-state index is 12.2. The first-order valence-electron chi connectivity index (χ1n) is 5.39. The number of hydrogen-bond donors (Lipinski definition) is 1. The molecule has 6 nitrogen and oxygen atoms in total. The molecule has 19 heavy (non-hydrogen) atoms. The van der Waals surface area contributed by atoms with Gasteiger partial charge in [0.15, 0.2) is 5.71 Å². The molecule has 0 saturated carbocycles. The van der Waals surface area contributed by atoms with Crippen molar-refractivity contribution in [2.24, 2.45) is 5.16 Å². The average Bonchev–Trinajstić information content (AvgIpc) is 2.75. The Morgan fingerprint density at radius 2 is 2.21 bits per heavy atom. The largest absolute Gasteiger partial charge is 0.432 e. The second kappa shape index (κ2) is 6.21. The molecule has 1 aliphatic heterocycles. The van der Waals surface area contributed by atoms with Gasteiger partial charge < -0.3 is 4.84 Å². The summed E-state index contributed by atoms with van der Waals surface area (Å²) in [6.45, 7) is -0.280. The number of rotatable bonds is 6. The summed E-state index contributed by atoms with van der Waals surface area (Å²) in [5.41, 5.74) is -1.05. The third-order valence-corrected chi connectivity index (χ3v) is 3.73. The molecule has 0 radical (unpaired) electrons. The minimum absolute atomic E-state index is 0.0994.